The Morgan fingerprint density at radius 2 is 1.83 bits per heavy atom. The molecule has 1 amide bonds. The van der Waals surface area contributed by atoms with E-state index in [9.17, 15) is 31.2 Å². The second-order valence-corrected chi connectivity index (χ2v) is 6.13. The Balaban J connectivity index is 3.01. The quantitative estimate of drug-likeness (QED) is 0.691. The molecule has 23 heavy (non-hydrogen) atoms. The molecule has 128 valence electrons. The summed E-state index contributed by atoms with van der Waals surface area (Å²) in [6, 6.07) is 2.04. The Morgan fingerprint density at radius 3 is 2.35 bits per heavy atom. The molecule has 0 saturated heterocycles. The molecule has 7 nitrogen and oxygen atoms in total. The predicted octanol–water partition coefficient (Wildman–Crippen LogP) is 0.573. The molecule has 1 rings (SSSR count). The number of carbonyl (C=O) groups excluding carboxylic acids is 1. The van der Waals surface area contributed by atoms with E-state index in [1.807, 2.05) is 5.32 Å². The van der Waals surface area contributed by atoms with Gasteiger partial charge in [-0.05, 0) is 19.1 Å². The van der Waals surface area contributed by atoms with Crippen molar-refractivity contribution in [3.05, 3.63) is 29.8 Å². The highest BCUT2D eigenvalue weighted by atomic mass is 32.2. The molecule has 1 atom stereocenters. The number of hydrogen-bond donors (Lipinski definition) is 3. The Kier molecular flexibility index (Phi) is 5.72. The van der Waals surface area contributed by atoms with Gasteiger partial charge in [-0.1, -0.05) is 12.1 Å². The van der Waals surface area contributed by atoms with E-state index >= 15 is 0 Å². The molecule has 0 aromatic heterocycles. The maximum Gasteiger partial charge on any atom is 0.417 e. The van der Waals surface area contributed by atoms with Crippen molar-refractivity contribution >= 4 is 21.9 Å². The van der Waals surface area contributed by atoms with Crippen LogP contribution in [0.1, 0.15) is 12.5 Å². The first-order chi connectivity index (χ1) is 10.4. The Hall–Kier alpha value is -2.14. The number of halogens is 3. The first-order valence-electron chi connectivity index (χ1n) is 6.13. The highest BCUT2D eigenvalue weighted by Crippen LogP contribution is 2.33. The molecular weight excluding hydrogens is 341 g/mol. The van der Waals surface area contributed by atoms with Crippen LogP contribution in [0.25, 0.3) is 0 Å². The highest BCUT2D eigenvalue weighted by molar-refractivity contribution is 7.89. The van der Waals surface area contributed by atoms with Crippen molar-refractivity contribution in [3.63, 3.8) is 0 Å². The summed E-state index contributed by atoms with van der Waals surface area (Å²) in [6.45, 7) is 0.328. The Labute approximate surface area is 129 Å². The van der Waals surface area contributed by atoms with E-state index in [2.05, 4.69) is 0 Å². The molecule has 0 heterocycles. The van der Waals surface area contributed by atoms with Crippen molar-refractivity contribution in [3.8, 4) is 0 Å². The molecule has 0 saturated carbocycles. The van der Waals surface area contributed by atoms with Crippen LogP contribution in [0.2, 0.25) is 0 Å². The normalized spacial score (nSPS) is 13.4. The summed E-state index contributed by atoms with van der Waals surface area (Å²) in [7, 11) is -4.64. The standard InChI is InChI=1S/C12H13F3N2O5S/c1-7(11(20)16-6-10(18)19)17-23(21,22)9-5-3-2-4-8(9)12(13,14)15/h2-5,7,17H,6H2,1H3,(H,16,20)(H,18,19). The molecule has 0 bridgehead atoms. The van der Waals surface area contributed by atoms with E-state index in [0.29, 0.717) is 6.07 Å². The molecule has 0 aliphatic carbocycles. The Bertz CT molecular complexity index is 703. The number of alkyl halides is 3. The number of sulfonamides is 1. The molecule has 0 aliphatic rings. The van der Waals surface area contributed by atoms with Gasteiger partial charge in [0.1, 0.15) is 6.54 Å². The number of amides is 1. The van der Waals surface area contributed by atoms with Crippen molar-refractivity contribution < 1.29 is 36.3 Å². The van der Waals surface area contributed by atoms with E-state index in [4.69, 9.17) is 5.11 Å². The van der Waals surface area contributed by atoms with Crippen LogP contribution in [-0.2, 0) is 25.8 Å². The minimum Gasteiger partial charge on any atom is -0.480 e. The monoisotopic (exact) mass is 354 g/mol. The molecule has 1 unspecified atom stereocenters. The van der Waals surface area contributed by atoms with Gasteiger partial charge in [-0.15, -0.1) is 0 Å². The molecule has 1 aromatic carbocycles. The van der Waals surface area contributed by atoms with Crippen molar-refractivity contribution in [2.75, 3.05) is 6.54 Å². The SMILES string of the molecule is CC(NS(=O)(=O)c1ccccc1C(F)(F)F)C(=O)NCC(=O)O. The highest BCUT2D eigenvalue weighted by Gasteiger charge is 2.37. The summed E-state index contributed by atoms with van der Waals surface area (Å²) >= 11 is 0. The minimum absolute atomic E-state index is 0.601. The summed E-state index contributed by atoms with van der Waals surface area (Å²) in [5, 5.41) is 10.3. The third kappa shape index (κ3) is 5.21. The topological polar surface area (TPSA) is 113 Å². The zero-order chi connectivity index (χ0) is 17.8. The first-order valence-corrected chi connectivity index (χ1v) is 7.61. The van der Waals surface area contributed by atoms with Gasteiger partial charge in [0, 0.05) is 0 Å². The average molecular weight is 354 g/mol. The lowest BCUT2D eigenvalue weighted by Crippen LogP contribution is -2.46. The number of rotatable bonds is 6. The van der Waals surface area contributed by atoms with Gasteiger partial charge < -0.3 is 10.4 Å². The number of hydrogen-bond acceptors (Lipinski definition) is 4. The number of carbonyl (C=O) groups is 2. The molecule has 1 aromatic rings. The predicted molar refractivity (Wildman–Crippen MR) is 71.9 cm³/mol. The lowest BCUT2D eigenvalue weighted by molar-refractivity contribution is -0.140. The second kappa shape index (κ2) is 6.96. The third-order valence-corrected chi connectivity index (χ3v) is 4.22. The van der Waals surface area contributed by atoms with Crippen LogP contribution >= 0.6 is 0 Å². The maximum absolute atomic E-state index is 12.8. The number of aliphatic carboxylic acids is 1. The number of carboxylic acids is 1. The fourth-order valence-corrected chi connectivity index (χ4v) is 3.03. The van der Waals surface area contributed by atoms with Crippen LogP contribution in [0.4, 0.5) is 13.2 Å². The lowest BCUT2D eigenvalue weighted by Gasteiger charge is -2.17. The largest absolute Gasteiger partial charge is 0.480 e. The van der Waals surface area contributed by atoms with Crippen LogP contribution in [0.3, 0.4) is 0 Å². The lowest BCUT2D eigenvalue weighted by atomic mass is 10.2. The van der Waals surface area contributed by atoms with Crippen molar-refractivity contribution in [2.24, 2.45) is 0 Å². The van der Waals surface area contributed by atoms with E-state index in [-0.39, 0.29) is 0 Å². The second-order valence-electron chi connectivity index (χ2n) is 4.45. The van der Waals surface area contributed by atoms with E-state index < -0.39 is 51.1 Å². The van der Waals surface area contributed by atoms with Gasteiger partial charge >= 0.3 is 12.1 Å². The summed E-state index contributed by atoms with van der Waals surface area (Å²) < 4.78 is 64.4. The fraction of sp³-hybridized carbons (Fsp3) is 0.333. The summed E-state index contributed by atoms with van der Waals surface area (Å²) in [5.74, 6) is -2.34. The smallest absolute Gasteiger partial charge is 0.417 e. The molecule has 3 N–H and O–H groups in total. The molecule has 0 radical (unpaired) electrons. The van der Waals surface area contributed by atoms with Crippen LogP contribution in [0.15, 0.2) is 29.2 Å². The van der Waals surface area contributed by atoms with Crippen molar-refractivity contribution in [2.45, 2.75) is 24.0 Å². The van der Waals surface area contributed by atoms with Gasteiger partial charge in [-0.2, -0.15) is 17.9 Å². The summed E-state index contributed by atoms with van der Waals surface area (Å²) in [5.41, 5.74) is -1.37. The van der Waals surface area contributed by atoms with Crippen LogP contribution in [-0.4, -0.2) is 38.0 Å². The van der Waals surface area contributed by atoms with Gasteiger partial charge in [0.25, 0.3) is 0 Å². The molecular formula is C12H13F3N2O5S. The van der Waals surface area contributed by atoms with Gasteiger partial charge in [-0.3, -0.25) is 9.59 Å². The minimum atomic E-state index is -4.89. The molecule has 0 spiro atoms. The van der Waals surface area contributed by atoms with Crippen molar-refractivity contribution in [1.29, 1.82) is 0 Å². The maximum atomic E-state index is 12.8. The van der Waals surface area contributed by atoms with Crippen LogP contribution < -0.4 is 10.0 Å². The van der Waals surface area contributed by atoms with E-state index in [0.717, 1.165) is 25.1 Å². The van der Waals surface area contributed by atoms with Crippen LogP contribution in [0.5, 0.6) is 0 Å². The molecule has 0 aliphatic heterocycles. The summed E-state index contributed by atoms with van der Waals surface area (Å²) in [6.07, 6.45) is -4.89. The number of carboxylic acid groups (broad SMARTS) is 1. The van der Waals surface area contributed by atoms with Gasteiger partial charge in [0.2, 0.25) is 15.9 Å². The molecule has 0 fully saturated rings. The number of benzene rings is 1. The fourth-order valence-electron chi connectivity index (χ4n) is 1.60. The van der Waals surface area contributed by atoms with Gasteiger partial charge in [0.15, 0.2) is 0 Å². The Morgan fingerprint density at radius 1 is 1.26 bits per heavy atom. The van der Waals surface area contributed by atoms with E-state index in [1.54, 1.807) is 4.72 Å². The third-order valence-electron chi connectivity index (χ3n) is 2.62. The van der Waals surface area contributed by atoms with E-state index in [1.165, 1.54) is 0 Å². The molecule has 11 heteroatoms. The number of nitrogens with one attached hydrogen (secondary N) is 2. The first kappa shape index (κ1) is 18.9. The van der Waals surface area contributed by atoms with Gasteiger partial charge in [-0.25, -0.2) is 8.42 Å². The van der Waals surface area contributed by atoms with Crippen molar-refractivity contribution in [1.82, 2.24) is 10.0 Å². The average Bonchev–Trinajstić information content (AvgIpc) is 2.43. The zero-order valence-corrected chi connectivity index (χ0v) is 12.5. The van der Waals surface area contributed by atoms with Crippen LogP contribution in [0, 0.1) is 0 Å². The zero-order valence-electron chi connectivity index (χ0n) is 11.7. The summed E-state index contributed by atoms with van der Waals surface area (Å²) in [4.78, 5) is 20.8. The van der Waals surface area contributed by atoms with Gasteiger partial charge in [0.05, 0.1) is 16.5 Å².